The predicted molar refractivity (Wildman–Crippen MR) is 105 cm³/mol. The molecule has 0 bridgehead atoms. The fourth-order valence-electron chi connectivity index (χ4n) is 3.24. The molecule has 1 aliphatic heterocycles. The molecule has 1 aromatic carbocycles. The van der Waals surface area contributed by atoms with Gasteiger partial charge in [-0.1, -0.05) is 6.07 Å². The van der Waals surface area contributed by atoms with Crippen LogP contribution in [0.5, 0.6) is 5.75 Å². The lowest BCUT2D eigenvalue weighted by Gasteiger charge is -2.35. The molecule has 1 heterocycles. The third kappa shape index (κ3) is 6.23. The number of piperidine rings is 1. The molecule has 0 spiro atoms. The van der Waals surface area contributed by atoms with Gasteiger partial charge in [-0.3, -0.25) is 14.5 Å². The lowest BCUT2D eigenvalue weighted by atomic mass is 10.0. The van der Waals surface area contributed by atoms with Crippen LogP contribution in [-0.4, -0.2) is 74.0 Å². The van der Waals surface area contributed by atoms with Gasteiger partial charge in [0.1, 0.15) is 11.8 Å². The van der Waals surface area contributed by atoms with Crippen molar-refractivity contribution in [2.45, 2.75) is 32.2 Å². The zero-order valence-corrected chi connectivity index (χ0v) is 16.8. The lowest BCUT2D eigenvalue weighted by molar-refractivity contribution is -0.157. The Labute approximate surface area is 165 Å². The number of ether oxygens (including phenoxy) is 2. The quantitative estimate of drug-likeness (QED) is 0.676. The standard InChI is InChI=1S/C20H29N3O5/c1-4-28-20(26)17-10-5-6-11-23(17)19(25)14-22(2)13-18(24)21-15-8-7-9-16(12-15)27-3/h7-9,12,17H,4-6,10-11,13-14H2,1-3H3,(H,21,24)/t17-/m1/s1. The van der Waals surface area contributed by atoms with E-state index in [-0.39, 0.29) is 30.9 Å². The number of methoxy groups -OCH3 is 1. The van der Waals surface area contributed by atoms with E-state index in [9.17, 15) is 14.4 Å². The fraction of sp³-hybridized carbons (Fsp3) is 0.550. The van der Waals surface area contributed by atoms with Gasteiger partial charge in [0.25, 0.3) is 0 Å². The van der Waals surface area contributed by atoms with Crippen LogP contribution in [-0.2, 0) is 19.1 Å². The second-order valence-corrected chi connectivity index (χ2v) is 6.80. The molecule has 1 atom stereocenters. The number of nitrogens with one attached hydrogen (secondary N) is 1. The van der Waals surface area contributed by atoms with Crippen molar-refractivity contribution in [3.8, 4) is 5.75 Å². The van der Waals surface area contributed by atoms with Gasteiger partial charge < -0.3 is 19.7 Å². The molecule has 0 aromatic heterocycles. The van der Waals surface area contributed by atoms with Gasteiger partial charge in [-0.05, 0) is 45.4 Å². The van der Waals surface area contributed by atoms with Gasteiger partial charge in [-0.25, -0.2) is 4.79 Å². The Balaban J connectivity index is 1.88. The summed E-state index contributed by atoms with van der Waals surface area (Å²) in [6, 6.07) is 6.54. The molecule has 1 aliphatic rings. The van der Waals surface area contributed by atoms with Crippen molar-refractivity contribution in [2.24, 2.45) is 0 Å². The first-order valence-electron chi connectivity index (χ1n) is 9.53. The Kier molecular flexibility index (Phi) is 8.25. The number of hydrogen-bond donors (Lipinski definition) is 1. The van der Waals surface area contributed by atoms with Crippen LogP contribution < -0.4 is 10.1 Å². The predicted octanol–water partition coefficient (Wildman–Crippen LogP) is 1.51. The van der Waals surface area contributed by atoms with Gasteiger partial charge in [0, 0.05) is 18.3 Å². The molecule has 0 saturated carbocycles. The summed E-state index contributed by atoms with van der Waals surface area (Å²) in [6.07, 6.45) is 2.37. The normalized spacial score (nSPS) is 16.6. The molecule has 0 aliphatic carbocycles. The average molecular weight is 391 g/mol. The topological polar surface area (TPSA) is 88.2 Å². The lowest BCUT2D eigenvalue weighted by Crippen LogP contribution is -2.51. The minimum Gasteiger partial charge on any atom is -0.497 e. The van der Waals surface area contributed by atoms with Crippen LogP contribution in [0, 0.1) is 0 Å². The molecule has 28 heavy (non-hydrogen) atoms. The number of likely N-dealkylation sites (N-methyl/N-ethyl adjacent to an activating group) is 1. The third-order valence-corrected chi connectivity index (χ3v) is 4.55. The number of esters is 1. The number of benzene rings is 1. The number of rotatable bonds is 8. The van der Waals surface area contributed by atoms with Crippen LogP contribution in [0.3, 0.4) is 0 Å². The highest BCUT2D eigenvalue weighted by atomic mass is 16.5. The molecule has 1 fully saturated rings. The van der Waals surface area contributed by atoms with Crippen molar-refractivity contribution in [1.82, 2.24) is 9.80 Å². The summed E-state index contributed by atoms with van der Waals surface area (Å²) >= 11 is 0. The number of nitrogens with zero attached hydrogens (tertiary/aromatic N) is 2. The third-order valence-electron chi connectivity index (χ3n) is 4.55. The van der Waals surface area contributed by atoms with E-state index in [2.05, 4.69) is 5.32 Å². The molecule has 2 amide bonds. The van der Waals surface area contributed by atoms with E-state index >= 15 is 0 Å². The molecule has 154 valence electrons. The second kappa shape index (κ2) is 10.7. The van der Waals surface area contributed by atoms with Crippen LogP contribution in [0.15, 0.2) is 24.3 Å². The van der Waals surface area contributed by atoms with E-state index in [0.717, 1.165) is 12.8 Å². The van der Waals surface area contributed by atoms with Crippen LogP contribution in [0.25, 0.3) is 0 Å². The second-order valence-electron chi connectivity index (χ2n) is 6.80. The summed E-state index contributed by atoms with van der Waals surface area (Å²) in [4.78, 5) is 40.3. The van der Waals surface area contributed by atoms with Gasteiger partial charge in [0.15, 0.2) is 0 Å². The van der Waals surface area contributed by atoms with Crippen molar-refractivity contribution in [1.29, 1.82) is 0 Å². The van der Waals surface area contributed by atoms with E-state index in [1.165, 1.54) is 0 Å². The van der Waals surface area contributed by atoms with Crippen LogP contribution in [0.4, 0.5) is 5.69 Å². The van der Waals surface area contributed by atoms with Crippen LogP contribution in [0.1, 0.15) is 26.2 Å². The number of anilines is 1. The first-order chi connectivity index (χ1) is 13.4. The highest BCUT2D eigenvalue weighted by Crippen LogP contribution is 2.19. The van der Waals surface area contributed by atoms with Crippen molar-refractivity contribution >= 4 is 23.5 Å². The molecular weight excluding hydrogens is 362 g/mol. The molecule has 2 rings (SSSR count). The molecular formula is C20H29N3O5. The summed E-state index contributed by atoms with van der Waals surface area (Å²) in [7, 11) is 3.26. The number of likely N-dealkylation sites (tertiary alicyclic amines) is 1. The minimum absolute atomic E-state index is 0.0564. The summed E-state index contributed by atoms with van der Waals surface area (Å²) in [5, 5.41) is 2.78. The molecule has 0 unspecified atom stereocenters. The Morgan fingerprint density at radius 2 is 2.04 bits per heavy atom. The molecule has 1 saturated heterocycles. The van der Waals surface area contributed by atoms with Crippen molar-refractivity contribution in [3.63, 3.8) is 0 Å². The van der Waals surface area contributed by atoms with Crippen molar-refractivity contribution in [2.75, 3.05) is 45.7 Å². The highest BCUT2D eigenvalue weighted by Gasteiger charge is 2.33. The zero-order valence-electron chi connectivity index (χ0n) is 16.8. The SMILES string of the molecule is CCOC(=O)[C@H]1CCCCN1C(=O)CN(C)CC(=O)Nc1cccc(OC)c1. The Morgan fingerprint density at radius 3 is 2.75 bits per heavy atom. The van der Waals surface area contributed by atoms with Crippen LogP contribution >= 0.6 is 0 Å². The van der Waals surface area contributed by atoms with E-state index in [4.69, 9.17) is 9.47 Å². The average Bonchev–Trinajstić information content (AvgIpc) is 2.68. The summed E-state index contributed by atoms with van der Waals surface area (Å²) in [6.45, 7) is 2.69. The number of amides is 2. The first kappa shape index (κ1) is 21.7. The summed E-state index contributed by atoms with van der Waals surface area (Å²) < 4.78 is 10.2. The van der Waals surface area contributed by atoms with Gasteiger partial charge in [-0.15, -0.1) is 0 Å². The monoisotopic (exact) mass is 391 g/mol. The van der Waals surface area contributed by atoms with E-state index in [1.54, 1.807) is 55.1 Å². The van der Waals surface area contributed by atoms with Crippen LogP contribution in [0.2, 0.25) is 0 Å². The smallest absolute Gasteiger partial charge is 0.328 e. The first-order valence-corrected chi connectivity index (χ1v) is 9.53. The molecule has 8 nitrogen and oxygen atoms in total. The van der Waals surface area contributed by atoms with Gasteiger partial charge in [0.05, 0.1) is 26.8 Å². The largest absolute Gasteiger partial charge is 0.497 e. The summed E-state index contributed by atoms with van der Waals surface area (Å²) in [5.41, 5.74) is 0.627. The van der Waals surface area contributed by atoms with Gasteiger partial charge in [-0.2, -0.15) is 0 Å². The number of carbonyl (C=O) groups excluding carboxylic acids is 3. The Hall–Kier alpha value is -2.61. The molecule has 1 N–H and O–H groups in total. The maximum Gasteiger partial charge on any atom is 0.328 e. The van der Waals surface area contributed by atoms with E-state index in [1.807, 2.05) is 0 Å². The molecule has 0 radical (unpaired) electrons. The Morgan fingerprint density at radius 1 is 1.25 bits per heavy atom. The van der Waals surface area contributed by atoms with E-state index in [0.29, 0.717) is 31.0 Å². The number of carbonyl (C=O) groups is 3. The fourth-order valence-corrected chi connectivity index (χ4v) is 3.24. The van der Waals surface area contributed by atoms with E-state index < -0.39 is 6.04 Å². The van der Waals surface area contributed by atoms with Gasteiger partial charge >= 0.3 is 5.97 Å². The maximum atomic E-state index is 12.7. The zero-order chi connectivity index (χ0) is 20.5. The molecule has 8 heteroatoms. The molecule has 1 aromatic rings. The Bertz CT molecular complexity index is 694. The number of hydrogen-bond acceptors (Lipinski definition) is 6. The highest BCUT2D eigenvalue weighted by molar-refractivity contribution is 5.93. The van der Waals surface area contributed by atoms with Gasteiger partial charge in [0.2, 0.25) is 11.8 Å². The van der Waals surface area contributed by atoms with Crippen molar-refractivity contribution < 1.29 is 23.9 Å². The minimum atomic E-state index is -0.528. The maximum absolute atomic E-state index is 12.7. The van der Waals surface area contributed by atoms with Crippen molar-refractivity contribution in [3.05, 3.63) is 24.3 Å². The summed E-state index contributed by atoms with van der Waals surface area (Å²) in [5.74, 6) is -0.107.